The fourth-order valence-electron chi connectivity index (χ4n) is 4.59. The van der Waals surface area contributed by atoms with Gasteiger partial charge in [-0.05, 0) is 70.1 Å². The third-order valence-electron chi connectivity index (χ3n) is 6.03. The molecule has 0 N–H and O–H groups in total. The molecule has 0 saturated carbocycles. The summed E-state index contributed by atoms with van der Waals surface area (Å²) >= 11 is 0. The first-order valence-corrected chi connectivity index (χ1v) is 12.3. The second-order valence-electron chi connectivity index (χ2n) is 7.60. The molecule has 0 bridgehead atoms. The van der Waals surface area contributed by atoms with Crippen LogP contribution in [0.1, 0.15) is 6.92 Å². The number of para-hydroxylation sites is 2. The number of aromatic nitrogens is 2. The molecule has 0 radical (unpaired) electrons. The second-order valence-corrected chi connectivity index (χ2v) is 11.1. The van der Waals surface area contributed by atoms with Crippen LogP contribution in [0.2, 0.25) is 0 Å². The Balaban J connectivity index is 1.69. The first kappa shape index (κ1) is 18.3. The van der Waals surface area contributed by atoms with Gasteiger partial charge in [0.1, 0.15) is 0 Å². The normalized spacial score (nSPS) is 12.7. The second kappa shape index (κ2) is 7.03. The minimum absolute atomic E-state index is 0.643. The molecule has 6 aromatic rings. The number of benzene rings is 4. The van der Waals surface area contributed by atoms with E-state index in [-0.39, 0.29) is 0 Å². The monoisotopic (exact) mass is 422 g/mol. The van der Waals surface area contributed by atoms with E-state index in [9.17, 15) is 0 Å². The molecule has 0 saturated heterocycles. The van der Waals surface area contributed by atoms with Gasteiger partial charge in [0.25, 0.3) is 0 Å². The van der Waals surface area contributed by atoms with Crippen LogP contribution in [0.15, 0.2) is 122 Å². The lowest BCUT2D eigenvalue weighted by Crippen LogP contribution is -2.06. The molecule has 6 rings (SSSR count). The maximum Gasteiger partial charge on any atom is 0.307 e. The van der Waals surface area contributed by atoms with Crippen LogP contribution < -0.4 is 0 Å². The number of imidazole rings is 1. The number of rotatable bonds is 4. The van der Waals surface area contributed by atoms with Crippen molar-refractivity contribution in [1.29, 1.82) is 0 Å². The van der Waals surface area contributed by atoms with Crippen LogP contribution in [-0.4, -0.2) is 15.1 Å². The maximum absolute atomic E-state index is 6.02. The third kappa shape index (κ3) is 2.65. The smallest absolute Gasteiger partial charge is 0.307 e. The topological polar surface area (TPSA) is 30.4 Å². The van der Waals surface area contributed by atoms with Crippen molar-refractivity contribution in [2.45, 2.75) is 21.6 Å². The summed E-state index contributed by atoms with van der Waals surface area (Å²) in [7, 11) is -1.42. The van der Waals surface area contributed by atoms with Crippen molar-refractivity contribution in [3.8, 4) is 0 Å². The van der Waals surface area contributed by atoms with Crippen molar-refractivity contribution in [1.82, 2.24) is 9.38 Å². The van der Waals surface area contributed by atoms with Gasteiger partial charge in [-0.25, -0.2) is 0 Å². The predicted molar refractivity (Wildman–Crippen MR) is 128 cm³/mol. The first-order chi connectivity index (χ1) is 15.3. The Bertz CT molecular complexity index is 1480. The average Bonchev–Trinajstić information content (AvgIpc) is 3.37. The number of nitrogens with zero attached hydrogens (tertiary/aromatic N) is 2. The van der Waals surface area contributed by atoms with Gasteiger partial charge in [0.2, 0.25) is 0 Å². The molecule has 4 heteroatoms. The highest BCUT2D eigenvalue weighted by molar-refractivity contribution is 8.33. The van der Waals surface area contributed by atoms with Crippen molar-refractivity contribution >= 4 is 38.0 Å². The van der Waals surface area contributed by atoms with Crippen LogP contribution in [-0.2, 0) is 0 Å². The summed E-state index contributed by atoms with van der Waals surface area (Å²) in [5.74, 6) is 1.67. The van der Waals surface area contributed by atoms with Crippen LogP contribution in [0.3, 0.4) is 0 Å². The molecule has 3 nitrogen and oxygen atoms in total. The molecule has 0 unspecified atom stereocenters. The lowest BCUT2D eigenvalue weighted by Gasteiger charge is -2.40. The highest BCUT2D eigenvalue weighted by atomic mass is 32.3. The lowest BCUT2D eigenvalue weighted by atomic mass is 10.3. The molecule has 31 heavy (non-hydrogen) atoms. The molecular formula is C27H22N2OS. The van der Waals surface area contributed by atoms with Gasteiger partial charge in [-0.15, -0.1) is 0 Å². The Morgan fingerprint density at radius 3 is 2.03 bits per heavy atom. The van der Waals surface area contributed by atoms with E-state index in [1.807, 2.05) is 18.2 Å². The SMILES string of the molecule is CCS(c1ccccc1)(c1ccccc1)c1ccc2nc3oc4ccccc4n3c2c1. The van der Waals surface area contributed by atoms with E-state index in [1.54, 1.807) is 0 Å². The number of fused-ring (bicyclic) bond motifs is 5. The fourth-order valence-corrected chi connectivity index (χ4v) is 8.26. The molecule has 4 aromatic carbocycles. The lowest BCUT2D eigenvalue weighted by molar-refractivity contribution is 0.643. The van der Waals surface area contributed by atoms with E-state index >= 15 is 0 Å². The zero-order chi connectivity index (χ0) is 20.8. The summed E-state index contributed by atoms with van der Waals surface area (Å²) in [4.78, 5) is 8.84. The first-order valence-electron chi connectivity index (χ1n) is 10.5. The van der Waals surface area contributed by atoms with Crippen molar-refractivity contribution in [3.63, 3.8) is 0 Å². The predicted octanol–water partition coefficient (Wildman–Crippen LogP) is 7.54. The van der Waals surface area contributed by atoms with E-state index < -0.39 is 10.0 Å². The van der Waals surface area contributed by atoms with Crippen LogP contribution in [0, 0.1) is 0 Å². The van der Waals surface area contributed by atoms with Crippen LogP contribution in [0.25, 0.3) is 28.0 Å². The Morgan fingerprint density at radius 2 is 1.35 bits per heavy atom. The highest BCUT2D eigenvalue weighted by Gasteiger charge is 2.30. The standard InChI is InChI=1S/C27H22N2OS/c1-2-31(20-11-5-3-6-12-20,21-13-7-4-8-14-21)22-17-18-23-25(19-22)29-24-15-9-10-16-26(24)30-27(29)28-23/h3-19H,2H2,1H3. The Kier molecular flexibility index (Phi) is 4.15. The molecule has 0 aliphatic carbocycles. The molecule has 0 spiro atoms. The molecule has 2 heterocycles. The zero-order valence-electron chi connectivity index (χ0n) is 17.2. The van der Waals surface area contributed by atoms with E-state index in [0.717, 1.165) is 27.9 Å². The van der Waals surface area contributed by atoms with Gasteiger partial charge >= 0.3 is 5.84 Å². The van der Waals surface area contributed by atoms with Crippen LogP contribution in [0.5, 0.6) is 0 Å². The molecular weight excluding hydrogens is 400 g/mol. The van der Waals surface area contributed by atoms with Gasteiger partial charge < -0.3 is 4.42 Å². The Morgan fingerprint density at radius 1 is 0.710 bits per heavy atom. The van der Waals surface area contributed by atoms with Gasteiger partial charge in [0.15, 0.2) is 5.58 Å². The molecule has 2 aromatic heterocycles. The van der Waals surface area contributed by atoms with E-state index in [4.69, 9.17) is 9.40 Å². The van der Waals surface area contributed by atoms with Gasteiger partial charge in [0.05, 0.1) is 16.6 Å². The van der Waals surface area contributed by atoms with E-state index in [0.29, 0.717) is 5.84 Å². The summed E-state index contributed by atoms with van der Waals surface area (Å²) in [6.45, 7) is 2.30. The summed E-state index contributed by atoms with van der Waals surface area (Å²) in [6.07, 6.45) is 0. The third-order valence-corrected chi connectivity index (χ3v) is 10.1. The molecule has 152 valence electrons. The minimum atomic E-state index is -1.42. The minimum Gasteiger partial charge on any atom is -0.423 e. The fraction of sp³-hybridized carbons (Fsp3) is 0.0741. The average molecular weight is 423 g/mol. The Hall–Kier alpha value is -3.50. The number of hydrogen-bond acceptors (Lipinski definition) is 2. The summed E-state index contributed by atoms with van der Waals surface area (Å²) < 4.78 is 8.16. The molecule has 0 fully saturated rings. The summed E-state index contributed by atoms with van der Waals surface area (Å²) in [5, 5.41) is 0. The van der Waals surface area contributed by atoms with Gasteiger partial charge in [-0.2, -0.15) is 15.0 Å². The van der Waals surface area contributed by atoms with Crippen molar-refractivity contribution < 1.29 is 4.42 Å². The number of hydrogen-bond donors (Lipinski definition) is 0. The Labute approximate surface area is 182 Å². The van der Waals surface area contributed by atoms with Crippen molar-refractivity contribution in [2.24, 2.45) is 0 Å². The van der Waals surface area contributed by atoms with E-state index in [2.05, 4.69) is 96.3 Å². The molecule has 0 atom stereocenters. The van der Waals surface area contributed by atoms with Crippen molar-refractivity contribution in [3.05, 3.63) is 103 Å². The van der Waals surface area contributed by atoms with Gasteiger partial charge in [-0.3, -0.25) is 4.40 Å². The summed E-state index contributed by atoms with van der Waals surface area (Å²) in [5.41, 5.74) is 3.96. The maximum atomic E-state index is 6.02. The van der Waals surface area contributed by atoms with Crippen LogP contribution >= 0.6 is 10.0 Å². The highest BCUT2D eigenvalue weighted by Crippen LogP contribution is 2.68. The van der Waals surface area contributed by atoms with Crippen molar-refractivity contribution in [2.75, 3.05) is 5.75 Å². The largest absolute Gasteiger partial charge is 0.423 e. The molecule has 0 aliphatic heterocycles. The quantitative estimate of drug-likeness (QED) is 0.294. The van der Waals surface area contributed by atoms with E-state index in [1.165, 1.54) is 14.7 Å². The van der Waals surface area contributed by atoms with Gasteiger partial charge in [-0.1, -0.05) is 55.5 Å². The number of oxazole rings is 1. The van der Waals surface area contributed by atoms with Gasteiger partial charge in [0, 0.05) is 4.90 Å². The zero-order valence-corrected chi connectivity index (χ0v) is 18.0. The van der Waals surface area contributed by atoms with Crippen LogP contribution in [0.4, 0.5) is 0 Å². The molecule has 0 aliphatic rings. The molecule has 0 amide bonds. The summed E-state index contributed by atoms with van der Waals surface area (Å²) in [6, 6.07) is 36.7.